The van der Waals surface area contributed by atoms with Gasteiger partial charge in [-0.3, -0.25) is 4.79 Å². The first-order chi connectivity index (χ1) is 7.65. The fraction of sp³-hybridized carbons (Fsp3) is 0.917. The van der Waals surface area contributed by atoms with Crippen molar-refractivity contribution in [2.24, 2.45) is 11.7 Å². The van der Waals surface area contributed by atoms with E-state index < -0.39 is 0 Å². The van der Waals surface area contributed by atoms with Gasteiger partial charge in [0.05, 0.1) is 6.61 Å². The molecule has 0 rings (SSSR count). The van der Waals surface area contributed by atoms with Gasteiger partial charge in [0.15, 0.2) is 0 Å². The number of hydrogen-bond donors (Lipinski definition) is 2. The van der Waals surface area contributed by atoms with Gasteiger partial charge in [-0.05, 0) is 25.3 Å². The molecule has 0 heterocycles. The van der Waals surface area contributed by atoms with Crippen LogP contribution in [0.2, 0.25) is 0 Å². The summed E-state index contributed by atoms with van der Waals surface area (Å²) in [5, 5.41) is 8.72. The molecule has 4 nitrogen and oxygen atoms in total. The van der Waals surface area contributed by atoms with Crippen molar-refractivity contribution in [2.45, 2.75) is 39.0 Å². The number of aliphatic hydroxyl groups is 1. The Kier molecular flexibility index (Phi) is 9.24. The Bertz CT molecular complexity index is 180. The zero-order valence-corrected chi connectivity index (χ0v) is 10.6. The zero-order chi connectivity index (χ0) is 12.4. The Labute approximate surface area is 98.8 Å². The molecule has 1 atom stereocenters. The standard InChI is InChI=1S/C12H26N2O2/c1-3-4-11(7-8-13)5-6-12(16)14(2)9-10-15/h11,15H,3-10,13H2,1-2H3. The normalized spacial score (nSPS) is 12.5. The van der Waals surface area contributed by atoms with Gasteiger partial charge in [-0.15, -0.1) is 0 Å². The summed E-state index contributed by atoms with van der Waals surface area (Å²) in [5.74, 6) is 0.689. The van der Waals surface area contributed by atoms with Gasteiger partial charge in [-0.2, -0.15) is 0 Å². The lowest BCUT2D eigenvalue weighted by Crippen LogP contribution is -2.29. The number of carbonyl (C=O) groups excluding carboxylic acids is 1. The summed E-state index contributed by atoms with van der Waals surface area (Å²) >= 11 is 0. The zero-order valence-electron chi connectivity index (χ0n) is 10.6. The highest BCUT2D eigenvalue weighted by Gasteiger charge is 2.12. The van der Waals surface area contributed by atoms with Crippen molar-refractivity contribution in [3.63, 3.8) is 0 Å². The Balaban J connectivity index is 3.85. The lowest BCUT2D eigenvalue weighted by molar-refractivity contribution is -0.130. The fourth-order valence-corrected chi connectivity index (χ4v) is 1.87. The van der Waals surface area contributed by atoms with Crippen LogP contribution in [0.15, 0.2) is 0 Å². The van der Waals surface area contributed by atoms with Crippen molar-refractivity contribution >= 4 is 5.91 Å². The topological polar surface area (TPSA) is 66.6 Å². The smallest absolute Gasteiger partial charge is 0.222 e. The minimum Gasteiger partial charge on any atom is -0.395 e. The van der Waals surface area contributed by atoms with Gasteiger partial charge >= 0.3 is 0 Å². The maximum Gasteiger partial charge on any atom is 0.222 e. The van der Waals surface area contributed by atoms with E-state index >= 15 is 0 Å². The summed E-state index contributed by atoms with van der Waals surface area (Å²) in [7, 11) is 1.73. The molecular formula is C12H26N2O2. The van der Waals surface area contributed by atoms with Crippen LogP contribution in [0.5, 0.6) is 0 Å². The number of carbonyl (C=O) groups is 1. The van der Waals surface area contributed by atoms with E-state index in [1.807, 2.05) is 0 Å². The summed E-state index contributed by atoms with van der Waals surface area (Å²) in [4.78, 5) is 13.2. The first kappa shape index (κ1) is 15.4. The maximum absolute atomic E-state index is 11.6. The number of amides is 1. The van der Waals surface area contributed by atoms with E-state index in [9.17, 15) is 4.79 Å². The summed E-state index contributed by atoms with van der Waals surface area (Å²) in [6, 6.07) is 0. The monoisotopic (exact) mass is 230 g/mol. The van der Waals surface area contributed by atoms with Gasteiger partial charge in [0.2, 0.25) is 5.91 Å². The minimum atomic E-state index is 0.0312. The lowest BCUT2D eigenvalue weighted by atomic mass is 9.94. The highest BCUT2D eigenvalue weighted by Crippen LogP contribution is 2.17. The molecule has 1 amide bonds. The van der Waals surface area contributed by atoms with E-state index in [4.69, 9.17) is 10.8 Å². The molecule has 0 saturated carbocycles. The average molecular weight is 230 g/mol. The van der Waals surface area contributed by atoms with E-state index in [1.54, 1.807) is 11.9 Å². The average Bonchev–Trinajstić information content (AvgIpc) is 2.26. The van der Waals surface area contributed by atoms with Gasteiger partial charge in [-0.1, -0.05) is 19.8 Å². The number of hydrogen-bond acceptors (Lipinski definition) is 3. The van der Waals surface area contributed by atoms with E-state index in [0.717, 1.165) is 25.7 Å². The fourth-order valence-electron chi connectivity index (χ4n) is 1.87. The Morgan fingerprint density at radius 3 is 2.56 bits per heavy atom. The van der Waals surface area contributed by atoms with E-state index in [2.05, 4.69) is 6.92 Å². The molecule has 0 fully saturated rings. The van der Waals surface area contributed by atoms with Crippen LogP contribution in [0.3, 0.4) is 0 Å². The molecular weight excluding hydrogens is 204 g/mol. The van der Waals surface area contributed by atoms with Gasteiger partial charge in [0.25, 0.3) is 0 Å². The summed E-state index contributed by atoms with van der Waals surface area (Å²) in [6.45, 7) is 3.31. The predicted octanol–water partition coefficient (Wildman–Crippen LogP) is 0.982. The van der Waals surface area contributed by atoms with Crippen molar-refractivity contribution in [1.82, 2.24) is 4.90 Å². The molecule has 0 aliphatic carbocycles. The number of likely N-dealkylation sites (N-methyl/N-ethyl adjacent to an activating group) is 1. The largest absolute Gasteiger partial charge is 0.395 e. The molecule has 0 aliphatic rings. The van der Waals surface area contributed by atoms with E-state index in [-0.39, 0.29) is 12.5 Å². The van der Waals surface area contributed by atoms with Crippen LogP contribution in [-0.2, 0) is 4.79 Å². The highest BCUT2D eigenvalue weighted by atomic mass is 16.3. The Hall–Kier alpha value is -0.610. The van der Waals surface area contributed by atoms with Gasteiger partial charge < -0.3 is 15.7 Å². The molecule has 0 saturated heterocycles. The molecule has 96 valence electrons. The van der Waals surface area contributed by atoms with Crippen LogP contribution in [0.4, 0.5) is 0 Å². The van der Waals surface area contributed by atoms with Crippen LogP contribution in [0.1, 0.15) is 39.0 Å². The molecule has 0 spiro atoms. The third-order valence-electron chi connectivity index (χ3n) is 2.90. The SMILES string of the molecule is CCCC(CCN)CCC(=O)N(C)CCO. The third kappa shape index (κ3) is 6.80. The van der Waals surface area contributed by atoms with Crippen LogP contribution in [0.25, 0.3) is 0 Å². The molecule has 4 heteroatoms. The number of rotatable bonds is 9. The van der Waals surface area contributed by atoms with Crippen molar-refractivity contribution in [3.05, 3.63) is 0 Å². The first-order valence-electron chi connectivity index (χ1n) is 6.20. The maximum atomic E-state index is 11.6. The molecule has 0 aliphatic heterocycles. The number of nitrogens with zero attached hydrogens (tertiary/aromatic N) is 1. The first-order valence-corrected chi connectivity index (χ1v) is 6.20. The van der Waals surface area contributed by atoms with Crippen molar-refractivity contribution < 1.29 is 9.90 Å². The number of aliphatic hydroxyl groups excluding tert-OH is 1. The molecule has 3 N–H and O–H groups in total. The van der Waals surface area contributed by atoms with Crippen LogP contribution >= 0.6 is 0 Å². The van der Waals surface area contributed by atoms with E-state index in [0.29, 0.717) is 25.4 Å². The molecule has 0 aromatic carbocycles. The number of nitrogens with two attached hydrogens (primary N) is 1. The summed E-state index contributed by atoms with van der Waals surface area (Å²) in [6.07, 6.45) is 4.78. The van der Waals surface area contributed by atoms with Crippen molar-refractivity contribution in [3.8, 4) is 0 Å². The molecule has 16 heavy (non-hydrogen) atoms. The summed E-state index contributed by atoms with van der Waals surface area (Å²) < 4.78 is 0. The van der Waals surface area contributed by atoms with E-state index in [1.165, 1.54) is 0 Å². The Morgan fingerprint density at radius 1 is 1.38 bits per heavy atom. The second-order valence-corrected chi connectivity index (χ2v) is 4.31. The molecule has 0 bridgehead atoms. The predicted molar refractivity (Wildman–Crippen MR) is 66.0 cm³/mol. The van der Waals surface area contributed by atoms with Crippen molar-refractivity contribution in [1.29, 1.82) is 0 Å². The molecule has 0 aromatic heterocycles. The molecule has 1 unspecified atom stereocenters. The Morgan fingerprint density at radius 2 is 2.06 bits per heavy atom. The van der Waals surface area contributed by atoms with Gasteiger partial charge in [0.1, 0.15) is 0 Å². The molecule has 0 radical (unpaired) electrons. The lowest BCUT2D eigenvalue weighted by Gasteiger charge is -2.18. The van der Waals surface area contributed by atoms with Gasteiger partial charge in [0, 0.05) is 20.0 Å². The molecule has 0 aromatic rings. The second kappa shape index (κ2) is 9.60. The quantitative estimate of drug-likeness (QED) is 0.620. The van der Waals surface area contributed by atoms with Crippen LogP contribution in [-0.4, -0.2) is 42.7 Å². The second-order valence-electron chi connectivity index (χ2n) is 4.31. The van der Waals surface area contributed by atoms with Crippen molar-refractivity contribution in [2.75, 3.05) is 26.7 Å². The third-order valence-corrected chi connectivity index (χ3v) is 2.90. The van der Waals surface area contributed by atoms with Gasteiger partial charge in [-0.25, -0.2) is 0 Å². The highest BCUT2D eigenvalue weighted by molar-refractivity contribution is 5.75. The minimum absolute atomic E-state index is 0.0312. The van der Waals surface area contributed by atoms with Crippen LogP contribution in [0, 0.1) is 5.92 Å². The summed E-state index contributed by atoms with van der Waals surface area (Å²) in [5.41, 5.74) is 5.55. The van der Waals surface area contributed by atoms with Crippen LogP contribution < -0.4 is 5.73 Å².